The van der Waals surface area contributed by atoms with Gasteiger partial charge in [0, 0.05) is 12.6 Å². The molecule has 0 spiro atoms. The fraction of sp³-hybridized carbons (Fsp3) is 0.600. The van der Waals surface area contributed by atoms with Gasteiger partial charge in [0.15, 0.2) is 0 Å². The van der Waals surface area contributed by atoms with Gasteiger partial charge in [-0.05, 0) is 40.6 Å². The summed E-state index contributed by atoms with van der Waals surface area (Å²) in [5.74, 6) is -0.317. The molecule has 7 nitrogen and oxygen atoms in total. The molecule has 1 fully saturated rings. The molecule has 0 unspecified atom stereocenters. The lowest BCUT2D eigenvalue weighted by atomic mass is 10.4. The lowest BCUT2D eigenvalue weighted by Crippen LogP contribution is -2.35. The SMILES string of the molecule is CCN(C(=O)Cn1cc(Br)c([N+](=O)[O-])n1)C1CC1. The van der Waals surface area contributed by atoms with Crippen LogP contribution in [0, 0.1) is 10.1 Å². The van der Waals surface area contributed by atoms with Crippen LogP contribution in [0.25, 0.3) is 0 Å². The molecule has 0 saturated heterocycles. The van der Waals surface area contributed by atoms with Gasteiger partial charge in [0.2, 0.25) is 5.91 Å². The zero-order valence-electron chi connectivity index (χ0n) is 9.87. The molecule has 0 N–H and O–H groups in total. The van der Waals surface area contributed by atoms with Crippen molar-refractivity contribution in [3.8, 4) is 0 Å². The van der Waals surface area contributed by atoms with Gasteiger partial charge in [-0.2, -0.15) is 4.68 Å². The van der Waals surface area contributed by atoms with Gasteiger partial charge in [0.25, 0.3) is 0 Å². The molecule has 18 heavy (non-hydrogen) atoms. The van der Waals surface area contributed by atoms with E-state index in [0.717, 1.165) is 12.8 Å². The molecule has 0 bridgehead atoms. The number of hydrogen-bond acceptors (Lipinski definition) is 4. The smallest absolute Gasteiger partial charge is 0.358 e. The van der Waals surface area contributed by atoms with E-state index in [-0.39, 0.29) is 22.7 Å². The van der Waals surface area contributed by atoms with Gasteiger partial charge in [0.1, 0.15) is 11.0 Å². The first-order valence-corrected chi connectivity index (χ1v) is 6.49. The second-order valence-electron chi connectivity index (χ2n) is 4.17. The Labute approximate surface area is 112 Å². The summed E-state index contributed by atoms with van der Waals surface area (Å²) in [6, 6.07) is 0.344. The Balaban J connectivity index is 2.06. The minimum atomic E-state index is -0.580. The average Bonchev–Trinajstić information content (AvgIpc) is 3.04. The second kappa shape index (κ2) is 5.05. The predicted octanol–water partition coefficient (Wildman–Crippen LogP) is 1.56. The molecular formula is C10H13BrN4O3. The molecule has 1 aliphatic carbocycles. The van der Waals surface area contributed by atoms with Gasteiger partial charge in [-0.1, -0.05) is 0 Å². The van der Waals surface area contributed by atoms with E-state index in [1.54, 1.807) is 4.90 Å². The first-order chi connectivity index (χ1) is 8.52. The monoisotopic (exact) mass is 316 g/mol. The van der Waals surface area contributed by atoms with Crippen LogP contribution >= 0.6 is 15.9 Å². The number of nitro groups is 1. The fourth-order valence-electron chi connectivity index (χ4n) is 1.85. The largest absolute Gasteiger partial charge is 0.404 e. The molecule has 0 aromatic carbocycles. The van der Waals surface area contributed by atoms with Crippen LogP contribution in [0.1, 0.15) is 19.8 Å². The van der Waals surface area contributed by atoms with Crippen LogP contribution in [0.2, 0.25) is 0 Å². The normalized spacial score (nSPS) is 14.6. The lowest BCUT2D eigenvalue weighted by Gasteiger charge is -2.19. The van der Waals surface area contributed by atoms with Crippen molar-refractivity contribution in [1.29, 1.82) is 0 Å². The molecule has 0 aliphatic heterocycles. The summed E-state index contributed by atoms with van der Waals surface area (Å²) in [5.41, 5.74) is 0. The van der Waals surface area contributed by atoms with Crippen LogP contribution in [0.15, 0.2) is 10.7 Å². The number of nitrogens with zero attached hydrogens (tertiary/aromatic N) is 4. The van der Waals surface area contributed by atoms with E-state index in [2.05, 4.69) is 21.0 Å². The summed E-state index contributed by atoms with van der Waals surface area (Å²) < 4.78 is 1.59. The molecule has 1 aromatic heterocycles. The van der Waals surface area contributed by atoms with Gasteiger partial charge in [0.05, 0.1) is 11.3 Å². The number of carbonyl (C=O) groups excluding carboxylic acids is 1. The molecule has 1 heterocycles. The molecule has 0 atom stereocenters. The highest BCUT2D eigenvalue weighted by atomic mass is 79.9. The fourth-order valence-corrected chi connectivity index (χ4v) is 2.31. The van der Waals surface area contributed by atoms with Crippen molar-refractivity contribution in [2.75, 3.05) is 6.54 Å². The van der Waals surface area contributed by atoms with Crippen molar-refractivity contribution in [3.05, 3.63) is 20.8 Å². The summed E-state index contributed by atoms with van der Waals surface area (Å²) in [5, 5.41) is 14.4. The Bertz CT molecular complexity index is 483. The zero-order chi connectivity index (χ0) is 13.3. The Kier molecular flexibility index (Phi) is 3.65. The Morgan fingerprint density at radius 2 is 2.39 bits per heavy atom. The first kappa shape index (κ1) is 13.0. The van der Waals surface area contributed by atoms with Crippen molar-refractivity contribution in [2.24, 2.45) is 0 Å². The number of aromatic nitrogens is 2. The molecular weight excluding hydrogens is 304 g/mol. The Hall–Kier alpha value is -1.44. The van der Waals surface area contributed by atoms with E-state index in [1.807, 2.05) is 6.92 Å². The number of carbonyl (C=O) groups is 1. The number of halogens is 1. The third kappa shape index (κ3) is 2.69. The summed E-state index contributed by atoms with van der Waals surface area (Å²) >= 11 is 3.05. The summed E-state index contributed by atoms with van der Waals surface area (Å²) in [6.45, 7) is 2.63. The van der Waals surface area contributed by atoms with E-state index >= 15 is 0 Å². The van der Waals surface area contributed by atoms with E-state index in [9.17, 15) is 14.9 Å². The maximum Gasteiger partial charge on any atom is 0.404 e. The minimum absolute atomic E-state index is 0.0385. The van der Waals surface area contributed by atoms with E-state index in [0.29, 0.717) is 12.6 Å². The zero-order valence-corrected chi connectivity index (χ0v) is 11.5. The minimum Gasteiger partial charge on any atom is -0.358 e. The Morgan fingerprint density at radius 1 is 1.72 bits per heavy atom. The number of likely N-dealkylation sites (N-methyl/N-ethyl adjacent to an activating group) is 1. The van der Waals surface area contributed by atoms with Gasteiger partial charge in [-0.3, -0.25) is 4.79 Å². The third-order valence-corrected chi connectivity index (χ3v) is 3.38. The van der Waals surface area contributed by atoms with E-state index in [4.69, 9.17) is 0 Å². The van der Waals surface area contributed by atoms with Gasteiger partial charge in [-0.15, -0.1) is 0 Å². The first-order valence-electron chi connectivity index (χ1n) is 5.69. The number of amides is 1. The van der Waals surface area contributed by atoms with Crippen molar-refractivity contribution >= 4 is 27.7 Å². The molecule has 1 amide bonds. The summed E-state index contributed by atoms with van der Waals surface area (Å²) in [6.07, 6.45) is 3.54. The van der Waals surface area contributed by atoms with Crippen LogP contribution in [0.5, 0.6) is 0 Å². The van der Waals surface area contributed by atoms with Crippen LogP contribution in [0.4, 0.5) is 5.82 Å². The molecule has 1 aliphatic rings. The molecule has 1 aromatic rings. The topological polar surface area (TPSA) is 81.3 Å². The highest BCUT2D eigenvalue weighted by molar-refractivity contribution is 9.10. The standard InChI is InChI=1S/C10H13BrN4O3/c1-2-14(7-3-4-7)9(16)6-13-5-8(11)10(12-13)15(17)18/h5,7H,2-4,6H2,1H3. The van der Waals surface area contributed by atoms with Crippen molar-refractivity contribution < 1.29 is 9.72 Å². The quantitative estimate of drug-likeness (QED) is 0.610. The third-order valence-electron chi connectivity index (χ3n) is 2.82. The number of rotatable bonds is 5. The van der Waals surface area contributed by atoms with Crippen LogP contribution in [-0.4, -0.2) is 38.1 Å². The van der Waals surface area contributed by atoms with E-state index < -0.39 is 4.92 Å². The maximum absolute atomic E-state index is 12.0. The van der Waals surface area contributed by atoms with Crippen molar-refractivity contribution in [1.82, 2.24) is 14.7 Å². The second-order valence-corrected chi connectivity index (χ2v) is 5.02. The Morgan fingerprint density at radius 3 is 2.83 bits per heavy atom. The molecule has 1 saturated carbocycles. The molecule has 98 valence electrons. The van der Waals surface area contributed by atoms with E-state index in [1.165, 1.54) is 10.9 Å². The molecule has 2 rings (SSSR count). The molecule has 8 heteroatoms. The summed E-state index contributed by atoms with van der Waals surface area (Å²) in [7, 11) is 0. The van der Waals surface area contributed by atoms with Gasteiger partial charge >= 0.3 is 5.82 Å². The maximum atomic E-state index is 12.0. The number of hydrogen-bond donors (Lipinski definition) is 0. The van der Waals surface area contributed by atoms with Gasteiger partial charge < -0.3 is 15.0 Å². The van der Waals surface area contributed by atoms with Crippen LogP contribution in [-0.2, 0) is 11.3 Å². The van der Waals surface area contributed by atoms with Gasteiger partial charge in [-0.25, -0.2) is 0 Å². The van der Waals surface area contributed by atoms with Crippen molar-refractivity contribution in [2.45, 2.75) is 32.4 Å². The van der Waals surface area contributed by atoms with Crippen molar-refractivity contribution in [3.63, 3.8) is 0 Å². The highest BCUT2D eigenvalue weighted by Gasteiger charge is 2.32. The molecule has 0 radical (unpaired) electrons. The van der Waals surface area contributed by atoms with Crippen LogP contribution in [0.3, 0.4) is 0 Å². The highest BCUT2D eigenvalue weighted by Crippen LogP contribution is 2.27. The average molecular weight is 317 g/mol. The predicted molar refractivity (Wildman–Crippen MR) is 67.0 cm³/mol. The lowest BCUT2D eigenvalue weighted by molar-refractivity contribution is -0.390. The van der Waals surface area contributed by atoms with Crippen LogP contribution < -0.4 is 0 Å². The summed E-state index contributed by atoms with van der Waals surface area (Å²) in [4.78, 5) is 23.8.